The van der Waals surface area contributed by atoms with E-state index < -0.39 is 0 Å². The molecule has 5 heteroatoms. The van der Waals surface area contributed by atoms with E-state index in [4.69, 9.17) is 21.1 Å². The van der Waals surface area contributed by atoms with Gasteiger partial charge in [0.15, 0.2) is 11.5 Å². The van der Waals surface area contributed by atoms with Crippen molar-refractivity contribution in [2.24, 2.45) is 5.92 Å². The summed E-state index contributed by atoms with van der Waals surface area (Å²) in [6.45, 7) is 4.87. The molecule has 34 heavy (non-hydrogen) atoms. The third kappa shape index (κ3) is 4.34. The number of hydrogen-bond donors (Lipinski definition) is 1. The molecule has 1 N–H and O–H groups in total. The van der Waals surface area contributed by atoms with Gasteiger partial charge in [0.2, 0.25) is 0 Å². The van der Waals surface area contributed by atoms with Crippen molar-refractivity contribution in [3.63, 3.8) is 0 Å². The van der Waals surface area contributed by atoms with Gasteiger partial charge in [-0.05, 0) is 75.1 Å². The van der Waals surface area contributed by atoms with E-state index >= 15 is 0 Å². The minimum Gasteiger partial charge on any atom is -0.493 e. The fraction of sp³-hybridized carbons (Fsp3) is 0.310. The summed E-state index contributed by atoms with van der Waals surface area (Å²) >= 11 is 10.1. The number of hydrogen-bond acceptors (Lipinski definition) is 3. The minimum absolute atomic E-state index is 0.181. The average Bonchev–Trinajstić information content (AvgIpc) is 3.33. The van der Waals surface area contributed by atoms with Crippen LogP contribution in [0.4, 0.5) is 5.69 Å². The standard InChI is InChI=1S/C29H29BrClNO2/c1-17(2)18-11-12-26-23(13-18)21-8-6-9-22(21)28(32-26)20-14-24(30)29(27(15-20)33-3)34-16-19-7-4-5-10-25(19)31/h4-8,10-15,17,21-22,28,32H,9,16H2,1-3H3/t21-,22+,28+/m1/s1. The van der Waals surface area contributed by atoms with E-state index in [9.17, 15) is 0 Å². The van der Waals surface area contributed by atoms with Crippen LogP contribution in [0.15, 0.2) is 71.2 Å². The Morgan fingerprint density at radius 2 is 1.94 bits per heavy atom. The molecule has 3 aromatic carbocycles. The molecular formula is C29H29BrClNO2. The number of fused-ring (bicyclic) bond motifs is 3. The van der Waals surface area contributed by atoms with Crippen LogP contribution in [0.2, 0.25) is 5.02 Å². The van der Waals surface area contributed by atoms with Gasteiger partial charge >= 0.3 is 0 Å². The number of allylic oxidation sites excluding steroid dienone is 2. The lowest BCUT2D eigenvalue weighted by Crippen LogP contribution is -2.29. The van der Waals surface area contributed by atoms with Crippen LogP contribution in [0.1, 0.15) is 60.4 Å². The zero-order valence-corrected chi connectivity index (χ0v) is 22.0. The molecule has 1 heterocycles. The van der Waals surface area contributed by atoms with Gasteiger partial charge in [-0.1, -0.05) is 67.9 Å². The monoisotopic (exact) mass is 537 g/mol. The van der Waals surface area contributed by atoms with Gasteiger partial charge < -0.3 is 14.8 Å². The second kappa shape index (κ2) is 9.67. The number of benzene rings is 3. The van der Waals surface area contributed by atoms with E-state index in [-0.39, 0.29) is 6.04 Å². The Bertz CT molecular complexity index is 1240. The zero-order valence-electron chi connectivity index (χ0n) is 19.6. The Morgan fingerprint density at radius 1 is 1.12 bits per heavy atom. The molecule has 0 spiro atoms. The number of anilines is 1. The van der Waals surface area contributed by atoms with Crippen LogP contribution in [0.5, 0.6) is 11.5 Å². The highest BCUT2D eigenvalue weighted by Crippen LogP contribution is 2.51. The summed E-state index contributed by atoms with van der Waals surface area (Å²) in [6.07, 6.45) is 5.77. The quantitative estimate of drug-likeness (QED) is 0.319. The first kappa shape index (κ1) is 23.3. The highest BCUT2D eigenvalue weighted by atomic mass is 79.9. The molecule has 0 saturated carbocycles. The van der Waals surface area contributed by atoms with Crippen LogP contribution in [0.25, 0.3) is 0 Å². The second-order valence-corrected chi connectivity index (χ2v) is 10.7. The van der Waals surface area contributed by atoms with Crippen LogP contribution in [-0.2, 0) is 6.61 Å². The normalized spacial score (nSPS) is 20.6. The first-order valence-electron chi connectivity index (χ1n) is 11.8. The Morgan fingerprint density at radius 3 is 2.71 bits per heavy atom. The number of rotatable bonds is 6. The molecule has 3 aromatic rings. The summed E-state index contributed by atoms with van der Waals surface area (Å²) in [5.41, 5.74) is 6.14. The Balaban J connectivity index is 1.46. The summed E-state index contributed by atoms with van der Waals surface area (Å²) in [6, 6.07) is 19.0. The molecule has 3 nitrogen and oxygen atoms in total. The lowest BCUT2D eigenvalue weighted by molar-refractivity contribution is 0.282. The molecule has 0 aromatic heterocycles. The number of halogens is 2. The van der Waals surface area contributed by atoms with E-state index in [1.54, 1.807) is 7.11 Å². The third-order valence-corrected chi connectivity index (χ3v) is 7.95. The fourth-order valence-corrected chi connectivity index (χ4v) is 5.89. The summed E-state index contributed by atoms with van der Waals surface area (Å²) in [5.74, 6) is 2.79. The van der Waals surface area contributed by atoms with E-state index in [1.165, 1.54) is 22.4 Å². The maximum atomic E-state index is 6.31. The maximum Gasteiger partial charge on any atom is 0.175 e. The van der Waals surface area contributed by atoms with E-state index in [0.29, 0.717) is 40.9 Å². The number of methoxy groups -OCH3 is 1. The van der Waals surface area contributed by atoms with Crippen molar-refractivity contribution in [3.8, 4) is 11.5 Å². The van der Waals surface area contributed by atoms with Crippen molar-refractivity contribution >= 4 is 33.2 Å². The van der Waals surface area contributed by atoms with E-state index in [0.717, 1.165) is 16.5 Å². The van der Waals surface area contributed by atoms with Crippen LogP contribution in [-0.4, -0.2) is 7.11 Å². The van der Waals surface area contributed by atoms with Crippen LogP contribution >= 0.6 is 27.5 Å². The van der Waals surface area contributed by atoms with Gasteiger partial charge in [-0.2, -0.15) is 0 Å². The van der Waals surface area contributed by atoms with Crippen molar-refractivity contribution in [1.82, 2.24) is 0 Å². The van der Waals surface area contributed by atoms with E-state index in [1.807, 2.05) is 24.3 Å². The predicted molar refractivity (Wildman–Crippen MR) is 143 cm³/mol. The van der Waals surface area contributed by atoms with Crippen molar-refractivity contribution in [3.05, 3.63) is 98.5 Å². The second-order valence-electron chi connectivity index (χ2n) is 9.39. The zero-order chi connectivity index (χ0) is 23.8. The minimum atomic E-state index is 0.181. The van der Waals surface area contributed by atoms with Gasteiger partial charge in [0, 0.05) is 22.2 Å². The number of ether oxygens (including phenoxy) is 2. The largest absolute Gasteiger partial charge is 0.493 e. The lowest BCUT2D eigenvalue weighted by Gasteiger charge is -2.38. The van der Waals surface area contributed by atoms with Crippen molar-refractivity contribution in [2.45, 2.75) is 44.8 Å². The highest BCUT2D eigenvalue weighted by Gasteiger charge is 2.38. The van der Waals surface area contributed by atoms with Gasteiger partial charge in [0.05, 0.1) is 17.6 Å². The summed E-state index contributed by atoms with van der Waals surface area (Å²) < 4.78 is 12.8. The molecule has 5 rings (SSSR count). The summed E-state index contributed by atoms with van der Waals surface area (Å²) in [5, 5.41) is 4.53. The Labute approximate surface area is 215 Å². The highest BCUT2D eigenvalue weighted by molar-refractivity contribution is 9.10. The van der Waals surface area contributed by atoms with Gasteiger partial charge in [-0.15, -0.1) is 0 Å². The summed E-state index contributed by atoms with van der Waals surface area (Å²) in [7, 11) is 1.69. The molecule has 0 fully saturated rings. The molecular weight excluding hydrogens is 510 g/mol. The molecule has 0 bridgehead atoms. The lowest BCUT2D eigenvalue weighted by atomic mass is 9.76. The molecule has 0 amide bonds. The molecule has 0 unspecified atom stereocenters. The van der Waals surface area contributed by atoms with Crippen molar-refractivity contribution < 1.29 is 9.47 Å². The van der Waals surface area contributed by atoms with Crippen molar-refractivity contribution in [1.29, 1.82) is 0 Å². The van der Waals surface area contributed by atoms with Gasteiger partial charge in [-0.25, -0.2) is 0 Å². The smallest absolute Gasteiger partial charge is 0.175 e. The molecule has 1 aliphatic carbocycles. The SMILES string of the molecule is COc1cc([C@@H]2Nc3ccc(C(C)C)cc3[C@@H]3C=CC[C@@H]32)cc(Br)c1OCc1ccccc1Cl. The predicted octanol–water partition coefficient (Wildman–Crippen LogP) is 8.64. The first-order chi connectivity index (χ1) is 16.5. The molecule has 176 valence electrons. The van der Waals surface area contributed by atoms with Gasteiger partial charge in [-0.3, -0.25) is 0 Å². The molecule has 3 atom stereocenters. The molecule has 2 aliphatic rings. The number of nitrogens with one attached hydrogen (secondary N) is 1. The van der Waals surface area contributed by atoms with Crippen LogP contribution in [0, 0.1) is 5.92 Å². The Kier molecular flexibility index (Phi) is 6.63. The van der Waals surface area contributed by atoms with Gasteiger partial charge in [0.25, 0.3) is 0 Å². The van der Waals surface area contributed by atoms with Crippen LogP contribution < -0.4 is 14.8 Å². The fourth-order valence-electron chi connectivity index (χ4n) is 5.13. The van der Waals surface area contributed by atoms with Gasteiger partial charge in [0.1, 0.15) is 6.61 Å². The maximum absolute atomic E-state index is 6.31. The van der Waals surface area contributed by atoms with E-state index in [2.05, 4.69) is 77.6 Å². The van der Waals surface area contributed by atoms with Crippen molar-refractivity contribution in [2.75, 3.05) is 12.4 Å². The first-order valence-corrected chi connectivity index (χ1v) is 12.9. The topological polar surface area (TPSA) is 30.5 Å². The van der Waals surface area contributed by atoms with Crippen LogP contribution in [0.3, 0.4) is 0 Å². The summed E-state index contributed by atoms with van der Waals surface area (Å²) in [4.78, 5) is 0. The Hall–Kier alpha value is -2.43. The molecule has 0 saturated heterocycles. The molecule has 1 aliphatic heterocycles. The molecule has 0 radical (unpaired) electrons. The average molecular weight is 539 g/mol. The third-order valence-electron chi connectivity index (χ3n) is 6.99.